The molecule has 1 unspecified atom stereocenters. The monoisotopic (exact) mass is 641 g/mol. The van der Waals surface area contributed by atoms with Gasteiger partial charge in [0.25, 0.3) is 5.91 Å². The van der Waals surface area contributed by atoms with Gasteiger partial charge in [-0.1, -0.05) is 73.7 Å². The molecule has 2 aliphatic rings. The van der Waals surface area contributed by atoms with Crippen LogP contribution in [0, 0.1) is 6.92 Å². The maximum atomic E-state index is 13.6. The van der Waals surface area contributed by atoms with Gasteiger partial charge in [0.05, 0.1) is 12.1 Å². The molecule has 8 heteroatoms. The van der Waals surface area contributed by atoms with E-state index in [-0.39, 0.29) is 18.7 Å². The highest BCUT2D eigenvalue weighted by molar-refractivity contribution is 6.07. The van der Waals surface area contributed by atoms with E-state index in [0.717, 1.165) is 47.0 Å². The molecule has 1 saturated heterocycles. The highest BCUT2D eigenvalue weighted by atomic mass is 16.7. The Morgan fingerprint density at radius 3 is 2.58 bits per heavy atom. The number of benzene rings is 4. The van der Waals surface area contributed by atoms with Crippen molar-refractivity contribution >= 4 is 22.8 Å². The topological polar surface area (TPSA) is 90.0 Å². The zero-order valence-electron chi connectivity index (χ0n) is 27.3. The van der Waals surface area contributed by atoms with E-state index in [9.17, 15) is 9.59 Å². The lowest BCUT2D eigenvalue weighted by atomic mass is 9.87. The molecule has 4 aromatic carbocycles. The third-order valence-electron chi connectivity index (χ3n) is 9.40. The summed E-state index contributed by atoms with van der Waals surface area (Å²) < 4.78 is 17.2. The van der Waals surface area contributed by atoms with Crippen molar-refractivity contribution in [3.63, 3.8) is 0 Å². The van der Waals surface area contributed by atoms with Crippen LogP contribution in [0.1, 0.15) is 54.9 Å². The summed E-state index contributed by atoms with van der Waals surface area (Å²) >= 11 is 0. The number of rotatable bonds is 12. The van der Waals surface area contributed by atoms with Crippen LogP contribution < -0.4 is 19.5 Å². The zero-order chi connectivity index (χ0) is 33.1. The first kappa shape index (κ1) is 31.2. The number of nitrogens with one attached hydrogen (secondary N) is 1. The van der Waals surface area contributed by atoms with E-state index in [1.807, 2.05) is 37.4 Å². The first-order valence-electron chi connectivity index (χ1n) is 16.7. The third kappa shape index (κ3) is 5.94. The summed E-state index contributed by atoms with van der Waals surface area (Å²) in [6.45, 7) is 5.04. The van der Waals surface area contributed by atoms with Gasteiger partial charge in [0.1, 0.15) is 11.3 Å². The Morgan fingerprint density at radius 1 is 0.896 bits per heavy atom. The molecule has 0 aliphatic carbocycles. The van der Waals surface area contributed by atoms with E-state index in [1.165, 1.54) is 21.6 Å². The number of amides is 3. The van der Waals surface area contributed by atoms with Crippen LogP contribution in [0.5, 0.6) is 17.2 Å². The number of ether oxygens (including phenoxy) is 3. The molecule has 0 spiro atoms. The molecule has 3 heterocycles. The lowest BCUT2D eigenvalue weighted by Gasteiger charge is -2.26. The van der Waals surface area contributed by atoms with Crippen LogP contribution in [-0.2, 0) is 16.8 Å². The van der Waals surface area contributed by atoms with Gasteiger partial charge < -0.3 is 19.5 Å². The van der Waals surface area contributed by atoms with E-state index >= 15 is 0 Å². The number of urea groups is 1. The SMILES string of the molecule is CCC1(c2ccc3c(c2)OCO3)NC(=O)N(CCCCCOc2cccc(-c3c(Cc4ccccc4)cnc4c(C)cccc34)c2)C1=O. The average molecular weight is 642 g/mol. The number of carbonyl (C=O) groups excluding carboxylic acids is 2. The number of imide groups is 1. The van der Waals surface area contributed by atoms with Crippen LogP contribution >= 0.6 is 0 Å². The number of hydrogen-bond acceptors (Lipinski definition) is 6. The van der Waals surface area contributed by atoms with Crippen molar-refractivity contribution in [3.05, 3.63) is 119 Å². The lowest BCUT2D eigenvalue weighted by Crippen LogP contribution is -2.43. The minimum absolute atomic E-state index is 0.150. The number of carbonyl (C=O) groups is 2. The standard InChI is InChI=1S/C40H39N3O5/c1-3-40(31-18-19-34-35(24-31)48-26-47-34)38(44)43(39(45)42-40)20-8-5-9-21-46-32-16-11-15-29(23-32)36-30(22-28-13-6-4-7-14-28)25-41-37-27(2)12-10-17-33(36)37/h4,6-7,10-19,23-25H,3,5,8-9,20-22,26H2,1-2H3,(H,42,45). The normalized spacial score (nSPS) is 16.8. The molecule has 1 N–H and O–H groups in total. The van der Waals surface area contributed by atoms with Gasteiger partial charge in [-0.15, -0.1) is 0 Å². The molecule has 7 rings (SSSR count). The average Bonchev–Trinajstić information content (AvgIpc) is 3.68. The highest BCUT2D eigenvalue weighted by Gasteiger charge is 2.51. The fourth-order valence-electron chi connectivity index (χ4n) is 6.81. The van der Waals surface area contributed by atoms with Crippen molar-refractivity contribution in [2.24, 2.45) is 0 Å². The Balaban J connectivity index is 0.984. The summed E-state index contributed by atoms with van der Waals surface area (Å²) in [5.74, 6) is 1.80. The van der Waals surface area contributed by atoms with Crippen molar-refractivity contribution in [3.8, 4) is 28.4 Å². The largest absolute Gasteiger partial charge is 0.494 e. The number of unbranched alkanes of at least 4 members (excludes halogenated alkanes) is 2. The summed E-state index contributed by atoms with van der Waals surface area (Å²) in [4.78, 5) is 32.7. The Kier molecular flexibility index (Phi) is 8.72. The minimum atomic E-state index is -1.11. The van der Waals surface area contributed by atoms with Crippen LogP contribution in [0.15, 0.2) is 97.2 Å². The fourth-order valence-corrected chi connectivity index (χ4v) is 6.81. The second kappa shape index (κ2) is 13.4. The van der Waals surface area contributed by atoms with Gasteiger partial charge >= 0.3 is 6.03 Å². The zero-order valence-corrected chi connectivity index (χ0v) is 27.3. The summed E-state index contributed by atoms with van der Waals surface area (Å²) in [7, 11) is 0. The molecule has 244 valence electrons. The van der Waals surface area contributed by atoms with Crippen molar-refractivity contribution in [2.45, 2.75) is 51.5 Å². The Bertz CT molecular complexity index is 1980. The quantitative estimate of drug-likeness (QED) is 0.110. The fraction of sp³-hybridized carbons (Fsp3) is 0.275. The van der Waals surface area contributed by atoms with Gasteiger partial charge in [0, 0.05) is 18.1 Å². The molecule has 0 radical (unpaired) electrons. The molecule has 8 nitrogen and oxygen atoms in total. The molecule has 0 saturated carbocycles. The second-order valence-electron chi connectivity index (χ2n) is 12.4. The first-order valence-corrected chi connectivity index (χ1v) is 16.7. The van der Waals surface area contributed by atoms with E-state index in [1.54, 1.807) is 12.1 Å². The molecule has 48 heavy (non-hydrogen) atoms. The van der Waals surface area contributed by atoms with Crippen molar-refractivity contribution in [1.82, 2.24) is 15.2 Å². The van der Waals surface area contributed by atoms with Crippen molar-refractivity contribution in [2.75, 3.05) is 19.9 Å². The highest BCUT2D eigenvalue weighted by Crippen LogP contribution is 2.40. The summed E-state index contributed by atoms with van der Waals surface area (Å²) in [6.07, 6.45) is 5.53. The number of fused-ring (bicyclic) bond motifs is 2. The first-order chi connectivity index (χ1) is 23.5. The number of aryl methyl sites for hydroxylation is 1. The Morgan fingerprint density at radius 2 is 1.73 bits per heavy atom. The smallest absolute Gasteiger partial charge is 0.325 e. The van der Waals surface area contributed by atoms with Crippen LogP contribution in [0.25, 0.3) is 22.0 Å². The molecule has 5 aromatic rings. The maximum absolute atomic E-state index is 13.6. The van der Waals surface area contributed by atoms with Gasteiger partial charge in [-0.25, -0.2) is 4.79 Å². The third-order valence-corrected chi connectivity index (χ3v) is 9.40. The molecule has 2 aliphatic heterocycles. The molecule has 1 atom stereocenters. The summed E-state index contributed by atoms with van der Waals surface area (Å²) in [5, 5.41) is 4.09. The molecule has 0 bridgehead atoms. The predicted molar refractivity (Wildman–Crippen MR) is 185 cm³/mol. The lowest BCUT2D eigenvalue weighted by molar-refractivity contribution is -0.131. The van der Waals surface area contributed by atoms with E-state index in [0.29, 0.717) is 43.1 Å². The summed E-state index contributed by atoms with van der Waals surface area (Å²) in [6, 6.07) is 30.1. The predicted octanol–water partition coefficient (Wildman–Crippen LogP) is 7.94. The van der Waals surface area contributed by atoms with Gasteiger partial charge in [-0.05, 0) is 96.7 Å². The molecular formula is C40H39N3O5. The van der Waals surface area contributed by atoms with Crippen LogP contribution in [0.4, 0.5) is 4.79 Å². The van der Waals surface area contributed by atoms with Gasteiger partial charge in [0.2, 0.25) is 6.79 Å². The van der Waals surface area contributed by atoms with E-state index in [4.69, 9.17) is 19.2 Å². The number of nitrogens with zero attached hydrogens (tertiary/aromatic N) is 2. The molecule has 1 fully saturated rings. The molecule has 1 aromatic heterocycles. The Labute approximate surface area is 280 Å². The van der Waals surface area contributed by atoms with Gasteiger partial charge in [-0.2, -0.15) is 0 Å². The van der Waals surface area contributed by atoms with Crippen LogP contribution in [0.2, 0.25) is 0 Å². The number of aromatic nitrogens is 1. The molecule has 3 amide bonds. The minimum Gasteiger partial charge on any atom is -0.494 e. The number of para-hydroxylation sites is 1. The van der Waals surface area contributed by atoms with Crippen LogP contribution in [-0.4, -0.2) is 41.8 Å². The van der Waals surface area contributed by atoms with Gasteiger partial charge in [0.15, 0.2) is 11.5 Å². The number of pyridine rings is 1. The van der Waals surface area contributed by atoms with E-state index < -0.39 is 5.54 Å². The Hall–Kier alpha value is -5.37. The van der Waals surface area contributed by atoms with E-state index in [2.05, 4.69) is 66.8 Å². The van der Waals surface area contributed by atoms with Crippen molar-refractivity contribution in [1.29, 1.82) is 0 Å². The maximum Gasteiger partial charge on any atom is 0.325 e. The summed E-state index contributed by atoms with van der Waals surface area (Å²) in [5.41, 5.74) is 6.43. The van der Waals surface area contributed by atoms with Crippen LogP contribution in [0.3, 0.4) is 0 Å². The van der Waals surface area contributed by atoms with Crippen molar-refractivity contribution < 1.29 is 23.8 Å². The number of hydrogen-bond donors (Lipinski definition) is 1. The second-order valence-corrected chi connectivity index (χ2v) is 12.4. The molecular weight excluding hydrogens is 602 g/mol. The van der Waals surface area contributed by atoms with Gasteiger partial charge in [-0.3, -0.25) is 14.7 Å².